The molecule has 0 aromatic heterocycles. The van der Waals surface area contributed by atoms with Crippen LogP contribution in [0.4, 0.5) is 0 Å². The van der Waals surface area contributed by atoms with Crippen LogP contribution in [0.15, 0.2) is 0 Å². The Hall–Kier alpha value is -1.06. The van der Waals surface area contributed by atoms with Gasteiger partial charge in [0, 0.05) is 5.41 Å². The van der Waals surface area contributed by atoms with Crippen LogP contribution in [0, 0.1) is 5.41 Å². The van der Waals surface area contributed by atoms with Crippen molar-refractivity contribution in [2.24, 2.45) is 5.41 Å². The first-order valence-corrected chi connectivity index (χ1v) is 3.98. The molecule has 68 valence electrons. The molecule has 1 saturated heterocycles. The standard InChI is InChI=1S/C8H14N2O2/c1-8(2,3)7-9-5(11)4-6(12)10-7/h7H,4H2,1-3H3,(H,9,11)(H,10,12). The normalized spacial score (nSPS) is 20.2. The van der Waals surface area contributed by atoms with Crippen LogP contribution in [0.2, 0.25) is 0 Å². The van der Waals surface area contributed by atoms with E-state index in [1.807, 2.05) is 20.8 Å². The van der Waals surface area contributed by atoms with Gasteiger partial charge in [0.05, 0.1) is 0 Å². The van der Waals surface area contributed by atoms with E-state index < -0.39 is 0 Å². The topological polar surface area (TPSA) is 58.2 Å². The molecule has 12 heavy (non-hydrogen) atoms. The minimum absolute atomic E-state index is 0.0490. The predicted molar refractivity (Wildman–Crippen MR) is 44.1 cm³/mol. The van der Waals surface area contributed by atoms with E-state index in [2.05, 4.69) is 10.6 Å². The zero-order chi connectivity index (χ0) is 9.35. The number of amides is 2. The second kappa shape index (κ2) is 2.77. The van der Waals surface area contributed by atoms with Crippen molar-refractivity contribution >= 4 is 11.8 Å². The maximum Gasteiger partial charge on any atom is 0.231 e. The van der Waals surface area contributed by atoms with Crippen molar-refractivity contribution in [2.75, 3.05) is 0 Å². The lowest BCUT2D eigenvalue weighted by atomic mass is 9.91. The summed E-state index contributed by atoms with van der Waals surface area (Å²) in [6.07, 6.45) is -0.293. The van der Waals surface area contributed by atoms with Gasteiger partial charge in [0.2, 0.25) is 11.8 Å². The van der Waals surface area contributed by atoms with Gasteiger partial charge in [-0.15, -0.1) is 0 Å². The van der Waals surface area contributed by atoms with Gasteiger partial charge >= 0.3 is 0 Å². The van der Waals surface area contributed by atoms with Crippen LogP contribution in [-0.4, -0.2) is 18.0 Å². The monoisotopic (exact) mass is 170 g/mol. The van der Waals surface area contributed by atoms with Crippen molar-refractivity contribution in [3.05, 3.63) is 0 Å². The predicted octanol–water partition coefficient (Wildman–Crippen LogP) is -0.00530. The molecule has 1 heterocycles. The van der Waals surface area contributed by atoms with E-state index in [1.165, 1.54) is 0 Å². The summed E-state index contributed by atoms with van der Waals surface area (Å²) in [6.45, 7) is 5.89. The van der Waals surface area contributed by atoms with Crippen molar-refractivity contribution in [1.82, 2.24) is 10.6 Å². The number of rotatable bonds is 0. The Balaban J connectivity index is 2.68. The number of carbonyl (C=O) groups is 2. The Labute approximate surface area is 71.7 Å². The molecule has 0 unspecified atom stereocenters. The Morgan fingerprint density at radius 2 is 1.58 bits per heavy atom. The fraction of sp³-hybridized carbons (Fsp3) is 0.750. The van der Waals surface area contributed by atoms with Gasteiger partial charge in [0.1, 0.15) is 12.6 Å². The molecule has 1 aliphatic rings. The van der Waals surface area contributed by atoms with Crippen molar-refractivity contribution < 1.29 is 9.59 Å². The average molecular weight is 170 g/mol. The van der Waals surface area contributed by atoms with Gasteiger partial charge in [0.15, 0.2) is 0 Å². The Morgan fingerprint density at radius 3 is 1.92 bits per heavy atom. The van der Waals surface area contributed by atoms with E-state index >= 15 is 0 Å². The largest absolute Gasteiger partial charge is 0.335 e. The summed E-state index contributed by atoms with van der Waals surface area (Å²) in [6, 6.07) is 0. The molecule has 0 aromatic carbocycles. The molecule has 2 N–H and O–H groups in total. The molecular weight excluding hydrogens is 156 g/mol. The van der Waals surface area contributed by atoms with Crippen LogP contribution in [0.3, 0.4) is 0 Å². The SMILES string of the molecule is CC(C)(C)C1NC(=O)CC(=O)N1. The molecule has 0 atom stereocenters. The van der Waals surface area contributed by atoms with Crippen LogP contribution in [0.25, 0.3) is 0 Å². The first-order valence-electron chi connectivity index (χ1n) is 3.98. The molecule has 1 fully saturated rings. The maximum absolute atomic E-state index is 11.0. The Kier molecular flexibility index (Phi) is 2.08. The molecule has 1 aliphatic heterocycles. The van der Waals surface area contributed by atoms with Crippen molar-refractivity contribution in [2.45, 2.75) is 33.4 Å². The van der Waals surface area contributed by atoms with Gasteiger partial charge in [-0.2, -0.15) is 0 Å². The molecule has 0 bridgehead atoms. The van der Waals surface area contributed by atoms with Crippen LogP contribution < -0.4 is 10.6 Å². The Bertz CT molecular complexity index is 202. The van der Waals surface area contributed by atoms with Crippen molar-refractivity contribution in [3.8, 4) is 0 Å². The smallest absolute Gasteiger partial charge is 0.231 e. The fourth-order valence-corrected chi connectivity index (χ4v) is 1.04. The third-order valence-electron chi connectivity index (χ3n) is 1.80. The molecule has 0 spiro atoms. The summed E-state index contributed by atoms with van der Waals surface area (Å²) in [4.78, 5) is 21.9. The van der Waals surface area contributed by atoms with Crippen molar-refractivity contribution in [1.29, 1.82) is 0 Å². The summed E-state index contributed by atoms with van der Waals surface area (Å²) in [5.41, 5.74) is -0.133. The quantitative estimate of drug-likeness (QED) is 0.502. The minimum Gasteiger partial charge on any atom is -0.335 e. The summed E-state index contributed by atoms with van der Waals surface area (Å²) in [5.74, 6) is -0.391. The summed E-state index contributed by atoms with van der Waals surface area (Å²) in [7, 11) is 0. The van der Waals surface area contributed by atoms with Crippen molar-refractivity contribution in [3.63, 3.8) is 0 Å². The van der Waals surface area contributed by atoms with Crippen LogP contribution >= 0.6 is 0 Å². The summed E-state index contributed by atoms with van der Waals surface area (Å²) >= 11 is 0. The lowest BCUT2D eigenvalue weighted by Gasteiger charge is -2.34. The highest BCUT2D eigenvalue weighted by Crippen LogP contribution is 2.18. The minimum atomic E-state index is -0.244. The third kappa shape index (κ3) is 1.96. The first kappa shape index (κ1) is 9.03. The molecule has 4 nitrogen and oxygen atoms in total. The van der Waals surface area contributed by atoms with E-state index in [0.717, 1.165) is 0 Å². The zero-order valence-electron chi connectivity index (χ0n) is 7.60. The van der Waals surface area contributed by atoms with E-state index in [-0.39, 0.29) is 29.8 Å². The molecule has 2 amide bonds. The first-order chi connectivity index (χ1) is 5.39. The third-order valence-corrected chi connectivity index (χ3v) is 1.80. The molecule has 1 rings (SSSR count). The van der Waals surface area contributed by atoms with Gasteiger partial charge in [-0.1, -0.05) is 20.8 Å². The lowest BCUT2D eigenvalue weighted by molar-refractivity contribution is -0.135. The highest BCUT2D eigenvalue weighted by Gasteiger charge is 2.31. The van der Waals surface area contributed by atoms with Crippen LogP contribution in [0.5, 0.6) is 0 Å². The highest BCUT2D eigenvalue weighted by molar-refractivity contribution is 5.99. The average Bonchev–Trinajstić information content (AvgIpc) is 1.82. The van der Waals surface area contributed by atoms with E-state index in [9.17, 15) is 9.59 Å². The molecule has 4 heteroatoms. The number of carbonyl (C=O) groups excluding carboxylic acids is 2. The van der Waals surface area contributed by atoms with E-state index in [4.69, 9.17) is 0 Å². The summed E-state index contributed by atoms with van der Waals surface area (Å²) in [5, 5.41) is 5.43. The van der Waals surface area contributed by atoms with Gasteiger partial charge < -0.3 is 10.6 Å². The highest BCUT2D eigenvalue weighted by atomic mass is 16.2. The number of hydrogen-bond donors (Lipinski definition) is 2. The summed E-state index contributed by atoms with van der Waals surface area (Å²) < 4.78 is 0. The van der Waals surface area contributed by atoms with E-state index in [1.54, 1.807) is 0 Å². The Morgan fingerprint density at radius 1 is 1.17 bits per heavy atom. The molecule has 0 saturated carbocycles. The lowest BCUT2D eigenvalue weighted by Crippen LogP contribution is -2.59. The van der Waals surface area contributed by atoms with Gasteiger partial charge in [-0.3, -0.25) is 9.59 Å². The maximum atomic E-state index is 11.0. The number of nitrogens with one attached hydrogen (secondary N) is 2. The zero-order valence-corrected chi connectivity index (χ0v) is 7.60. The second-order valence-electron chi connectivity index (χ2n) is 4.11. The fourth-order valence-electron chi connectivity index (χ4n) is 1.04. The van der Waals surface area contributed by atoms with Gasteiger partial charge in [0.25, 0.3) is 0 Å². The second-order valence-corrected chi connectivity index (χ2v) is 4.11. The molecular formula is C8H14N2O2. The van der Waals surface area contributed by atoms with Crippen LogP contribution in [-0.2, 0) is 9.59 Å². The van der Waals surface area contributed by atoms with Gasteiger partial charge in [-0.25, -0.2) is 0 Å². The van der Waals surface area contributed by atoms with Gasteiger partial charge in [-0.05, 0) is 0 Å². The molecule has 0 aromatic rings. The molecule has 0 aliphatic carbocycles. The number of hydrogen-bond acceptors (Lipinski definition) is 2. The van der Waals surface area contributed by atoms with Crippen LogP contribution in [0.1, 0.15) is 27.2 Å². The molecule has 0 radical (unpaired) electrons. The van der Waals surface area contributed by atoms with E-state index in [0.29, 0.717) is 0 Å².